The standard InChI is InChI=1S/C28H34N4O5/c1-29-27(35)24(11-6-18-33)32-20-23-22(28(32)36)10-5-12-25(23)37-19-7-13-26(34)31-16-14-30(15-17-31)21-8-3-2-4-9-21/h2-5,8-10,12,18,24H,6-7,11,13-17,19-20H2,1H3,(H,29,35). The number of ether oxygens (including phenoxy) is 1. The Morgan fingerprint density at radius 3 is 2.51 bits per heavy atom. The van der Waals surface area contributed by atoms with Crippen molar-refractivity contribution < 1.29 is 23.9 Å². The van der Waals surface area contributed by atoms with Gasteiger partial charge in [0.1, 0.15) is 18.1 Å². The number of carbonyl (C=O) groups excluding carboxylic acids is 4. The maximum Gasteiger partial charge on any atom is 0.255 e. The highest BCUT2D eigenvalue weighted by molar-refractivity contribution is 6.01. The number of likely N-dealkylation sites (N-methyl/N-ethyl adjacent to an activating group) is 1. The number of amides is 3. The van der Waals surface area contributed by atoms with Gasteiger partial charge in [0, 0.05) is 62.9 Å². The molecule has 1 unspecified atom stereocenters. The molecule has 0 saturated carbocycles. The third-order valence-electron chi connectivity index (χ3n) is 6.98. The number of para-hydroxylation sites is 1. The lowest BCUT2D eigenvalue weighted by atomic mass is 10.1. The highest BCUT2D eigenvalue weighted by Crippen LogP contribution is 2.33. The van der Waals surface area contributed by atoms with Gasteiger partial charge in [0.05, 0.1) is 13.2 Å². The van der Waals surface area contributed by atoms with Crippen molar-refractivity contribution in [3.05, 3.63) is 59.7 Å². The van der Waals surface area contributed by atoms with Crippen LogP contribution >= 0.6 is 0 Å². The molecule has 0 aromatic heterocycles. The molecule has 37 heavy (non-hydrogen) atoms. The number of piperazine rings is 1. The summed E-state index contributed by atoms with van der Waals surface area (Å²) in [6.45, 7) is 3.63. The van der Waals surface area contributed by atoms with Gasteiger partial charge in [0.2, 0.25) is 11.8 Å². The molecule has 1 atom stereocenters. The summed E-state index contributed by atoms with van der Waals surface area (Å²) in [7, 11) is 1.52. The first-order valence-corrected chi connectivity index (χ1v) is 12.8. The summed E-state index contributed by atoms with van der Waals surface area (Å²) in [5, 5.41) is 2.58. The molecule has 4 rings (SSSR count). The fourth-order valence-electron chi connectivity index (χ4n) is 4.95. The predicted molar refractivity (Wildman–Crippen MR) is 139 cm³/mol. The summed E-state index contributed by atoms with van der Waals surface area (Å²) >= 11 is 0. The van der Waals surface area contributed by atoms with E-state index in [1.165, 1.54) is 17.6 Å². The number of hydrogen-bond donors (Lipinski definition) is 1. The van der Waals surface area contributed by atoms with E-state index in [9.17, 15) is 19.2 Å². The van der Waals surface area contributed by atoms with Crippen molar-refractivity contribution in [1.82, 2.24) is 15.1 Å². The minimum atomic E-state index is -0.720. The summed E-state index contributed by atoms with van der Waals surface area (Å²) < 4.78 is 5.99. The van der Waals surface area contributed by atoms with Crippen LogP contribution in [0.4, 0.5) is 5.69 Å². The Bertz CT molecular complexity index is 1110. The van der Waals surface area contributed by atoms with Gasteiger partial charge in [-0.2, -0.15) is 0 Å². The van der Waals surface area contributed by atoms with Crippen LogP contribution in [-0.2, 0) is 20.9 Å². The SMILES string of the molecule is CNC(=O)C(CCC=O)N1Cc2c(OCCCC(=O)N3CCN(c4ccccc4)CC3)cccc2C1=O. The summed E-state index contributed by atoms with van der Waals surface area (Å²) in [4.78, 5) is 54.7. The van der Waals surface area contributed by atoms with Crippen LogP contribution in [0.15, 0.2) is 48.5 Å². The molecular formula is C28H34N4O5. The number of rotatable bonds is 11. The lowest BCUT2D eigenvalue weighted by Crippen LogP contribution is -2.48. The molecule has 9 nitrogen and oxygen atoms in total. The van der Waals surface area contributed by atoms with Gasteiger partial charge in [-0.3, -0.25) is 14.4 Å². The van der Waals surface area contributed by atoms with E-state index in [-0.39, 0.29) is 37.1 Å². The minimum Gasteiger partial charge on any atom is -0.493 e. The quantitative estimate of drug-likeness (QED) is 0.371. The number of aldehydes is 1. The highest BCUT2D eigenvalue weighted by atomic mass is 16.5. The molecule has 1 saturated heterocycles. The Kier molecular flexibility index (Phi) is 8.77. The van der Waals surface area contributed by atoms with Gasteiger partial charge in [-0.25, -0.2) is 0 Å². The van der Waals surface area contributed by atoms with Crippen LogP contribution in [0.5, 0.6) is 5.75 Å². The van der Waals surface area contributed by atoms with Gasteiger partial charge in [0.25, 0.3) is 5.91 Å². The molecule has 0 radical (unpaired) electrons. The van der Waals surface area contributed by atoms with E-state index in [1.807, 2.05) is 23.1 Å². The van der Waals surface area contributed by atoms with Crippen LogP contribution in [0, 0.1) is 0 Å². The lowest BCUT2D eigenvalue weighted by Gasteiger charge is -2.36. The van der Waals surface area contributed by atoms with Crippen LogP contribution in [0.1, 0.15) is 41.6 Å². The van der Waals surface area contributed by atoms with Crippen molar-refractivity contribution in [3.63, 3.8) is 0 Å². The predicted octanol–water partition coefficient (Wildman–Crippen LogP) is 2.24. The van der Waals surface area contributed by atoms with E-state index in [2.05, 4.69) is 22.3 Å². The Morgan fingerprint density at radius 1 is 1.05 bits per heavy atom. The molecule has 196 valence electrons. The molecule has 0 bridgehead atoms. The summed E-state index contributed by atoms with van der Waals surface area (Å²) in [5.41, 5.74) is 2.42. The van der Waals surface area contributed by atoms with Gasteiger partial charge < -0.3 is 29.5 Å². The molecule has 2 aliphatic heterocycles. The molecule has 0 aliphatic carbocycles. The second-order valence-corrected chi connectivity index (χ2v) is 9.24. The molecule has 0 spiro atoms. The highest BCUT2D eigenvalue weighted by Gasteiger charge is 2.37. The van der Waals surface area contributed by atoms with E-state index in [4.69, 9.17) is 4.74 Å². The van der Waals surface area contributed by atoms with Gasteiger partial charge in [0.15, 0.2) is 0 Å². The van der Waals surface area contributed by atoms with Gasteiger partial charge in [-0.15, -0.1) is 0 Å². The fourth-order valence-corrected chi connectivity index (χ4v) is 4.95. The molecular weight excluding hydrogens is 472 g/mol. The van der Waals surface area contributed by atoms with E-state index in [0.29, 0.717) is 43.9 Å². The van der Waals surface area contributed by atoms with Gasteiger partial charge in [-0.05, 0) is 37.1 Å². The Hall–Kier alpha value is -3.88. The third kappa shape index (κ3) is 6.10. The zero-order valence-corrected chi connectivity index (χ0v) is 21.2. The summed E-state index contributed by atoms with van der Waals surface area (Å²) in [6, 6.07) is 14.8. The fraction of sp³-hybridized carbons (Fsp3) is 0.429. The molecule has 2 aliphatic rings. The van der Waals surface area contributed by atoms with Crippen molar-refractivity contribution in [1.29, 1.82) is 0 Å². The van der Waals surface area contributed by atoms with Crippen molar-refractivity contribution in [3.8, 4) is 5.75 Å². The molecule has 2 heterocycles. The average molecular weight is 507 g/mol. The van der Waals surface area contributed by atoms with Crippen LogP contribution in [-0.4, -0.2) is 79.7 Å². The van der Waals surface area contributed by atoms with Crippen LogP contribution in [0.3, 0.4) is 0 Å². The number of anilines is 1. The van der Waals surface area contributed by atoms with E-state index in [0.717, 1.165) is 24.9 Å². The van der Waals surface area contributed by atoms with Crippen LogP contribution < -0.4 is 15.0 Å². The zero-order chi connectivity index (χ0) is 26.2. The van der Waals surface area contributed by atoms with Crippen molar-refractivity contribution in [2.24, 2.45) is 0 Å². The van der Waals surface area contributed by atoms with E-state index >= 15 is 0 Å². The first-order chi connectivity index (χ1) is 18.0. The number of nitrogens with one attached hydrogen (secondary N) is 1. The smallest absolute Gasteiger partial charge is 0.255 e. The molecule has 1 N–H and O–H groups in total. The Morgan fingerprint density at radius 2 is 1.81 bits per heavy atom. The number of benzene rings is 2. The number of fused-ring (bicyclic) bond motifs is 1. The molecule has 2 aromatic rings. The van der Waals surface area contributed by atoms with Crippen LogP contribution in [0.25, 0.3) is 0 Å². The number of hydrogen-bond acceptors (Lipinski definition) is 6. The van der Waals surface area contributed by atoms with Gasteiger partial charge in [-0.1, -0.05) is 24.3 Å². The largest absolute Gasteiger partial charge is 0.493 e. The third-order valence-corrected chi connectivity index (χ3v) is 6.98. The normalized spacial score (nSPS) is 15.8. The van der Waals surface area contributed by atoms with E-state index < -0.39 is 6.04 Å². The summed E-state index contributed by atoms with van der Waals surface area (Å²) in [6.07, 6.45) is 2.18. The molecule has 2 aromatic carbocycles. The second kappa shape index (κ2) is 12.4. The average Bonchev–Trinajstić information content (AvgIpc) is 3.28. The first kappa shape index (κ1) is 26.2. The zero-order valence-electron chi connectivity index (χ0n) is 21.2. The van der Waals surface area contributed by atoms with Crippen molar-refractivity contribution in [2.75, 3.05) is 44.7 Å². The van der Waals surface area contributed by atoms with Gasteiger partial charge >= 0.3 is 0 Å². The Balaban J connectivity index is 1.27. The molecule has 1 fully saturated rings. The first-order valence-electron chi connectivity index (χ1n) is 12.8. The second-order valence-electron chi connectivity index (χ2n) is 9.24. The van der Waals surface area contributed by atoms with E-state index in [1.54, 1.807) is 18.2 Å². The molecule has 9 heteroatoms. The maximum absolute atomic E-state index is 13.0. The summed E-state index contributed by atoms with van der Waals surface area (Å²) in [5.74, 6) is 0.168. The lowest BCUT2D eigenvalue weighted by molar-refractivity contribution is -0.131. The van der Waals surface area contributed by atoms with Crippen LogP contribution in [0.2, 0.25) is 0 Å². The minimum absolute atomic E-state index is 0.125. The monoisotopic (exact) mass is 506 g/mol. The maximum atomic E-state index is 13.0. The number of carbonyl (C=O) groups is 4. The molecule has 3 amide bonds. The topological polar surface area (TPSA) is 99.3 Å². The van der Waals surface area contributed by atoms with Crippen molar-refractivity contribution >= 4 is 29.7 Å². The van der Waals surface area contributed by atoms with Crippen molar-refractivity contribution in [2.45, 2.75) is 38.3 Å². The number of nitrogens with zero attached hydrogens (tertiary/aromatic N) is 3. The Labute approximate surface area is 217 Å².